The Morgan fingerprint density at radius 3 is 2.91 bits per heavy atom. The fraction of sp³-hybridized carbons (Fsp3) is 0.438. The molecule has 0 unspecified atom stereocenters. The predicted molar refractivity (Wildman–Crippen MR) is 74.7 cm³/mol. The molecule has 0 radical (unpaired) electrons. The Balaban J connectivity index is 1.90. The quantitative estimate of drug-likeness (QED) is 0.912. The lowest BCUT2D eigenvalue weighted by Gasteiger charge is -2.27. The molecule has 0 aromatic heterocycles. The van der Waals surface area contributed by atoms with Gasteiger partial charge in [0.25, 0.3) is 5.91 Å². The number of carbonyl (C=O) groups is 1. The number of aliphatic hydroxyl groups excluding tert-OH is 1. The number of hydrogen-bond acceptors (Lipinski definition) is 3. The van der Waals surface area contributed by atoms with E-state index in [0.717, 1.165) is 24.6 Å². The van der Waals surface area contributed by atoms with Crippen molar-refractivity contribution in [1.82, 2.24) is 4.90 Å². The number of carbonyl (C=O) groups excluding carboxylic acids is 1. The van der Waals surface area contributed by atoms with Crippen LogP contribution in [0.1, 0.15) is 30.9 Å². The summed E-state index contributed by atoms with van der Waals surface area (Å²) in [5, 5.41) is 9.88. The Hall–Kier alpha value is -1.95. The zero-order valence-electron chi connectivity index (χ0n) is 12.0. The van der Waals surface area contributed by atoms with Crippen molar-refractivity contribution in [3.8, 4) is 0 Å². The number of rotatable bonds is 2. The van der Waals surface area contributed by atoms with E-state index in [1.165, 1.54) is 11.2 Å². The lowest BCUT2D eigenvalue weighted by molar-refractivity contribution is -0.129. The van der Waals surface area contributed by atoms with E-state index < -0.39 is 23.8 Å². The number of halogens is 2. The molecule has 4 nitrogen and oxygen atoms in total. The standard InChI is InChI=1S/C16H17F2NO3/c17-11-3-4-14(18)13(6-11)15-7-12(20)8-19(15)16(21)10-2-1-5-22-9-10/h3-4,6,9,12,15,20H,1-2,5,7-8H2/t12-,15-/m1/s1. The molecule has 0 saturated carbocycles. The molecule has 118 valence electrons. The highest BCUT2D eigenvalue weighted by atomic mass is 19.1. The summed E-state index contributed by atoms with van der Waals surface area (Å²) in [5.41, 5.74) is 0.601. The van der Waals surface area contributed by atoms with Crippen molar-refractivity contribution >= 4 is 5.91 Å². The van der Waals surface area contributed by atoms with Crippen molar-refractivity contribution in [1.29, 1.82) is 0 Å². The topological polar surface area (TPSA) is 49.8 Å². The molecule has 22 heavy (non-hydrogen) atoms. The smallest absolute Gasteiger partial charge is 0.253 e. The fourth-order valence-corrected chi connectivity index (χ4v) is 3.01. The second kappa shape index (κ2) is 6.04. The molecule has 0 bridgehead atoms. The van der Waals surface area contributed by atoms with Crippen molar-refractivity contribution in [2.24, 2.45) is 0 Å². The minimum atomic E-state index is -0.748. The van der Waals surface area contributed by atoms with Crippen LogP contribution in [0.5, 0.6) is 0 Å². The third-order valence-electron chi connectivity index (χ3n) is 4.07. The number of β-amino-alcohol motifs (C(OH)–C–C–N with tert-alkyl or cyclic N) is 1. The molecule has 1 aromatic rings. The fourth-order valence-electron chi connectivity index (χ4n) is 3.01. The molecular formula is C16H17F2NO3. The van der Waals surface area contributed by atoms with Crippen LogP contribution in [0.3, 0.4) is 0 Å². The van der Waals surface area contributed by atoms with Crippen molar-refractivity contribution in [2.75, 3.05) is 13.2 Å². The van der Waals surface area contributed by atoms with Crippen LogP contribution in [0.2, 0.25) is 0 Å². The Morgan fingerprint density at radius 1 is 1.36 bits per heavy atom. The highest BCUT2D eigenvalue weighted by Gasteiger charge is 2.38. The van der Waals surface area contributed by atoms with E-state index in [1.807, 2.05) is 0 Å². The average Bonchev–Trinajstić information content (AvgIpc) is 2.91. The molecule has 1 N–H and O–H groups in total. The highest BCUT2D eigenvalue weighted by Crippen LogP contribution is 2.35. The van der Waals surface area contributed by atoms with Crippen molar-refractivity contribution < 1.29 is 23.4 Å². The zero-order chi connectivity index (χ0) is 15.7. The van der Waals surface area contributed by atoms with Gasteiger partial charge in [0.15, 0.2) is 0 Å². The molecule has 3 rings (SSSR count). The number of ether oxygens (including phenoxy) is 1. The van der Waals surface area contributed by atoms with Crippen LogP contribution < -0.4 is 0 Å². The lowest BCUT2D eigenvalue weighted by Crippen LogP contribution is -2.34. The van der Waals surface area contributed by atoms with Gasteiger partial charge in [-0.05, 0) is 37.5 Å². The van der Waals surface area contributed by atoms with Gasteiger partial charge in [0.2, 0.25) is 0 Å². The number of hydrogen-bond donors (Lipinski definition) is 1. The maximum Gasteiger partial charge on any atom is 0.253 e. The van der Waals surface area contributed by atoms with Gasteiger partial charge in [-0.15, -0.1) is 0 Å². The first-order valence-electron chi connectivity index (χ1n) is 7.31. The minimum Gasteiger partial charge on any atom is -0.501 e. The van der Waals surface area contributed by atoms with Crippen LogP contribution in [0.25, 0.3) is 0 Å². The van der Waals surface area contributed by atoms with Gasteiger partial charge < -0.3 is 14.7 Å². The third-order valence-corrected chi connectivity index (χ3v) is 4.07. The summed E-state index contributed by atoms with van der Waals surface area (Å²) in [6.45, 7) is 0.679. The Labute approximate surface area is 127 Å². The Morgan fingerprint density at radius 2 is 2.18 bits per heavy atom. The van der Waals surface area contributed by atoms with Gasteiger partial charge in [0.05, 0.1) is 30.6 Å². The molecule has 1 fully saturated rings. The van der Waals surface area contributed by atoms with Crippen LogP contribution in [0.4, 0.5) is 8.78 Å². The van der Waals surface area contributed by atoms with Gasteiger partial charge in [-0.3, -0.25) is 4.79 Å². The van der Waals surface area contributed by atoms with E-state index in [2.05, 4.69) is 0 Å². The second-order valence-electron chi connectivity index (χ2n) is 5.65. The molecule has 6 heteroatoms. The predicted octanol–water partition coefficient (Wildman–Crippen LogP) is 2.29. The molecule has 2 aliphatic rings. The molecular weight excluding hydrogens is 292 g/mol. The molecule has 1 saturated heterocycles. The largest absolute Gasteiger partial charge is 0.501 e. The van der Waals surface area contributed by atoms with Crippen LogP contribution >= 0.6 is 0 Å². The van der Waals surface area contributed by atoms with E-state index in [1.54, 1.807) is 0 Å². The molecule has 2 aliphatic heterocycles. The number of aliphatic hydroxyl groups is 1. The summed E-state index contributed by atoms with van der Waals surface area (Å²) in [5.74, 6) is -1.43. The molecule has 1 amide bonds. The molecule has 2 atom stereocenters. The first-order valence-corrected chi connectivity index (χ1v) is 7.31. The second-order valence-corrected chi connectivity index (χ2v) is 5.65. The minimum absolute atomic E-state index is 0.0993. The zero-order valence-corrected chi connectivity index (χ0v) is 12.0. The van der Waals surface area contributed by atoms with Gasteiger partial charge >= 0.3 is 0 Å². The monoisotopic (exact) mass is 309 g/mol. The normalized spacial score (nSPS) is 24.9. The van der Waals surface area contributed by atoms with Crippen LogP contribution in [-0.2, 0) is 9.53 Å². The Kier molecular flexibility index (Phi) is 4.11. The molecule has 0 spiro atoms. The summed E-state index contributed by atoms with van der Waals surface area (Å²) < 4.78 is 32.6. The van der Waals surface area contributed by atoms with Crippen LogP contribution in [0, 0.1) is 11.6 Å². The summed E-state index contributed by atoms with van der Waals surface area (Å²) in [6.07, 6.45) is 2.20. The van der Waals surface area contributed by atoms with E-state index in [9.17, 15) is 18.7 Å². The Bertz CT molecular complexity index is 617. The van der Waals surface area contributed by atoms with Crippen LogP contribution in [-0.4, -0.2) is 35.2 Å². The van der Waals surface area contributed by atoms with Crippen molar-refractivity contribution in [2.45, 2.75) is 31.4 Å². The molecule has 0 aliphatic carbocycles. The number of likely N-dealkylation sites (tertiary alicyclic amines) is 1. The van der Waals surface area contributed by atoms with E-state index in [0.29, 0.717) is 18.6 Å². The summed E-state index contributed by atoms with van der Waals surface area (Å²) in [4.78, 5) is 14.0. The first-order chi connectivity index (χ1) is 10.6. The van der Waals surface area contributed by atoms with E-state index in [4.69, 9.17) is 4.74 Å². The summed E-state index contributed by atoms with van der Waals surface area (Å²) >= 11 is 0. The van der Waals surface area contributed by atoms with Gasteiger partial charge in [-0.2, -0.15) is 0 Å². The van der Waals surface area contributed by atoms with Gasteiger partial charge in [0, 0.05) is 12.1 Å². The SMILES string of the molecule is O=C(C1=COCCC1)N1C[C@H](O)C[C@@H]1c1cc(F)ccc1F. The maximum absolute atomic E-state index is 14.0. The number of amides is 1. The molecule has 2 heterocycles. The van der Waals surface area contributed by atoms with Crippen molar-refractivity contribution in [3.63, 3.8) is 0 Å². The highest BCUT2D eigenvalue weighted by molar-refractivity contribution is 5.93. The number of nitrogens with zero attached hydrogens (tertiary/aromatic N) is 1. The molecule has 1 aromatic carbocycles. The summed E-state index contributed by atoms with van der Waals surface area (Å²) in [6, 6.07) is 2.50. The average molecular weight is 309 g/mol. The van der Waals surface area contributed by atoms with Gasteiger partial charge in [-0.1, -0.05) is 0 Å². The third kappa shape index (κ3) is 2.83. The first kappa shape index (κ1) is 15.0. The number of benzene rings is 1. The maximum atomic E-state index is 14.0. The van der Waals surface area contributed by atoms with E-state index in [-0.39, 0.29) is 24.4 Å². The summed E-state index contributed by atoms with van der Waals surface area (Å²) in [7, 11) is 0. The lowest BCUT2D eigenvalue weighted by atomic mass is 10.0. The van der Waals surface area contributed by atoms with Crippen LogP contribution in [0.15, 0.2) is 30.0 Å². The van der Waals surface area contributed by atoms with Gasteiger partial charge in [0.1, 0.15) is 11.6 Å². The van der Waals surface area contributed by atoms with Crippen molar-refractivity contribution in [3.05, 3.63) is 47.2 Å². The van der Waals surface area contributed by atoms with E-state index >= 15 is 0 Å². The van der Waals surface area contributed by atoms with Gasteiger partial charge in [-0.25, -0.2) is 8.78 Å².